The third kappa shape index (κ3) is 8.21. The Hall–Kier alpha value is -4.14. The third-order valence-electron chi connectivity index (χ3n) is 14.0. The van der Waals surface area contributed by atoms with Crippen LogP contribution in [-0.4, -0.2) is 79.7 Å². The van der Waals surface area contributed by atoms with E-state index in [2.05, 4.69) is 10.0 Å². The molecule has 58 heavy (non-hydrogen) atoms. The van der Waals surface area contributed by atoms with Crippen LogP contribution in [0.5, 0.6) is 11.5 Å². The highest BCUT2D eigenvalue weighted by molar-refractivity contribution is 7.91. The summed E-state index contributed by atoms with van der Waals surface area (Å²) >= 11 is 0. The fraction of sp³-hybridized carbons (Fsp3) is 0.698. The van der Waals surface area contributed by atoms with Gasteiger partial charge in [-0.1, -0.05) is 39.0 Å². The monoisotopic (exact) mass is 822 g/mol. The van der Waals surface area contributed by atoms with Crippen molar-refractivity contribution < 1.29 is 46.5 Å². The number of nitrogens with zero attached hydrogens (tertiary/aromatic N) is 2. The van der Waals surface area contributed by atoms with E-state index in [1.54, 1.807) is 25.3 Å². The number of aromatic nitrogens is 1. The van der Waals surface area contributed by atoms with Gasteiger partial charge in [0.05, 0.1) is 36.6 Å². The Morgan fingerprint density at radius 2 is 1.71 bits per heavy atom. The number of carbonyl (C=O) groups excluding carboxylic acids is 4. The summed E-state index contributed by atoms with van der Waals surface area (Å²) in [5.74, 6) is -1.91. The maximum Gasteiger partial charge on any atom is 0.306 e. The van der Waals surface area contributed by atoms with Crippen LogP contribution in [-0.2, 0) is 40.4 Å². The van der Waals surface area contributed by atoms with E-state index >= 15 is 0 Å². The first-order chi connectivity index (χ1) is 27.9. The summed E-state index contributed by atoms with van der Waals surface area (Å²) in [6.45, 7) is 1.90. The molecule has 15 heteroatoms. The number of nitrogens with one attached hydrogen (secondary N) is 2. The second-order valence-corrected chi connectivity index (χ2v) is 19.7. The molecule has 0 radical (unpaired) electrons. The van der Waals surface area contributed by atoms with Gasteiger partial charge in [0.25, 0.3) is 5.91 Å². The summed E-state index contributed by atoms with van der Waals surface area (Å²) in [7, 11) is -2.31. The van der Waals surface area contributed by atoms with Crippen LogP contribution in [0.15, 0.2) is 24.3 Å². The van der Waals surface area contributed by atoms with Crippen molar-refractivity contribution in [2.75, 3.05) is 13.7 Å². The first-order valence-corrected chi connectivity index (χ1v) is 23.2. The van der Waals surface area contributed by atoms with Gasteiger partial charge in [0.1, 0.15) is 29.5 Å². The molecule has 0 unspecified atom stereocenters. The van der Waals surface area contributed by atoms with Crippen molar-refractivity contribution in [1.29, 1.82) is 0 Å². The summed E-state index contributed by atoms with van der Waals surface area (Å²) in [4.78, 5) is 58.5. The molecule has 3 heterocycles. The maximum atomic E-state index is 15.0. The lowest BCUT2D eigenvalue weighted by Crippen LogP contribution is -2.57. The SMILES string of the molecule is CC[C@@H]1C[C@]1(NC(=O)[C@@H]1C[C@@H]2CN1C(=O)[C@H](C1CCCC1)CC(=O)O[C@@H]1CCC[C@H]1CCCCCc1c(cc3cc(OC)ccc3[n+]1[O-])O2)C(=O)NS(=O)(=O)C1CC1. The van der Waals surface area contributed by atoms with Crippen LogP contribution in [0.1, 0.15) is 122 Å². The lowest BCUT2D eigenvalue weighted by atomic mass is 9.86. The Kier molecular flexibility index (Phi) is 11.5. The molecule has 5 fully saturated rings. The Labute approximate surface area is 340 Å². The van der Waals surface area contributed by atoms with Crippen molar-refractivity contribution in [2.24, 2.45) is 23.7 Å². The van der Waals surface area contributed by atoms with Gasteiger partial charge in [-0.3, -0.25) is 23.9 Å². The average Bonchev–Trinajstić information content (AvgIpc) is 3.99. The molecular formula is C43H58N4O10S. The van der Waals surface area contributed by atoms with Gasteiger partial charge in [0.2, 0.25) is 33.0 Å². The van der Waals surface area contributed by atoms with Crippen LogP contribution in [0.3, 0.4) is 0 Å². The highest BCUT2D eigenvalue weighted by Gasteiger charge is 2.62. The predicted octanol–water partition coefficient (Wildman–Crippen LogP) is 4.75. The molecule has 316 valence electrons. The first-order valence-electron chi connectivity index (χ1n) is 21.7. The van der Waals surface area contributed by atoms with Gasteiger partial charge in [-0.2, -0.15) is 4.73 Å². The van der Waals surface area contributed by atoms with Crippen molar-refractivity contribution in [2.45, 2.75) is 152 Å². The fourth-order valence-electron chi connectivity index (χ4n) is 10.4. The molecule has 3 amide bonds. The zero-order chi connectivity index (χ0) is 40.8. The second kappa shape index (κ2) is 16.5. The van der Waals surface area contributed by atoms with Crippen LogP contribution in [0.25, 0.3) is 10.9 Å². The number of esters is 1. The second-order valence-electron chi connectivity index (χ2n) is 17.8. The molecule has 1 aromatic heterocycles. The summed E-state index contributed by atoms with van der Waals surface area (Å²) in [5, 5.41) is 17.0. The minimum atomic E-state index is -3.87. The summed E-state index contributed by atoms with van der Waals surface area (Å²) in [6.07, 6.45) is 10.9. The highest BCUT2D eigenvalue weighted by atomic mass is 32.2. The van der Waals surface area contributed by atoms with E-state index in [1.807, 2.05) is 13.0 Å². The summed E-state index contributed by atoms with van der Waals surface area (Å²) < 4.78 is 47.2. The Balaban J connectivity index is 1.14. The zero-order valence-corrected chi connectivity index (χ0v) is 34.6. The van der Waals surface area contributed by atoms with Crippen molar-refractivity contribution in [3.05, 3.63) is 35.2 Å². The number of rotatable bonds is 8. The van der Waals surface area contributed by atoms with E-state index in [4.69, 9.17) is 14.2 Å². The van der Waals surface area contributed by atoms with E-state index < -0.39 is 50.7 Å². The van der Waals surface area contributed by atoms with Crippen LogP contribution in [0, 0.1) is 28.9 Å². The molecule has 0 spiro atoms. The van der Waals surface area contributed by atoms with E-state index in [1.165, 1.54) is 4.90 Å². The molecule has 2 bridgehead atoms. The number of methoxy groups -OCH3 is 1. The van der Waals surface area contributed by atoms with Crippen molar-refractivity contribution in [3.63, 3.8) is 0 Å². The fourth-order valence-corrected chi connectivity index (χ4v) is 11.8. The molecule has 4 aliphatic carbocycles. The Morgan fingerprint density at radius 3 is 2.43 bits per heavy atom. The molecule has 1 saturated heterocycles. The van der Waals surface area contributed by atoms with E-state index in [0.29, 0.717) is 53.8 Å². The van der Waals surface area contributed by atoms with E-state index in [9.17, 15) is 32.8 Å². The van der Waals surface area contributed by atoms with Gasteiger partial charge in [-0.15, -0.1) is 0 Å². The van der Waals surface area contributed by atoms with Gasteiger partial charge in [-0.25, -0.2) is 8.42 Å². The minimum Gasteiger partial charge on any atom is -0.618 e. The predicted molar refractivity (Wildman–Crippen MR) is 213 cm³/mol. The van der Waals surface area contributed by atoms with Gasteiger partial charge in [-0.05, 0) is 94.1 Å². The molecule has 2 aromatic rings. The third-order valence-corrected chi connectivity index (χ3v) is 15.8. The average molecular weight is 823 g/mol. The maximum absolute atomic E-state index is 15.0. The molecule has 1 aromatic carbocycles. The molecule has 8 rings (SSSR count). The van der Waals surface area contributed by atoms with E-state index in [-0.39, 0.29) is 61.5 Å². The number of amides is 3. The zero-order valence-electron chi connectivity index (χ0n) is 33.7. The summed E-state index contributed by atoms with van der Waals surface area (Å²) in [6, 6.07) is 6.01. The van der Waals surface area contributed by atoms with Crippen molar-refractivity contribution in [3.8, 4) is 11.5 Å². The standard InChI is InChI=1S/C43H58N4O10S/c1-3-29-24-43(29,42(51)45-58(53,54)32-17-18-32)44-40(49)36-22-31-25-46(36)41(50)33(26-10-7-8-11-26)23-39(48)57-37-15-9-13-27(37)12-5-4-6-14-35-38(56-31)21-28-20-30(55-2)16-19-34(28)47(35)52/h16,19-21,26-27,29,31-33,36-37H,3-15,17-18,22-25H2,1-2H3,(H,44,49)(H,45,51)/t27-,29-,31-,33+,36+,37-,43-/m1/s1. The van der Waals surface area contributed by atoms with Gasteiger partial charge < -0.3 is 29.6 Å². The number of sulfonamides is 1. The Bertz CT molecular complexity index is 2030. The number of carbonyl (C=O) groups is 4. The molecule has 14 nitrogen and oxygen atoms in total. The topological polar surface area (TPSA) is 184 Å². The lowest BCUT2D eigenvalue weighted by Gasteiger charge is -2.32. The van der Waals surface area contributed by atoms with Gasteiger partial charge >= 0.3 is 5.97 Å². The number of benzene rings is 1. The minimum absolute atomic E-state index is 0.0147. The van der Waals surface area contributed by atoms with Gasteiger partial charge in [0, 0.05) is 25.0 Å². The number of hydrogen-bond acceptors (Lipinski definition) is 10. The molecule has 6 aliphatic rings. The van der Waals surface area contributed by atoms with Crippen LogP contribution < -0.4 is 24.2 Å². The number of pyridine rings is 1. The number of hydrogen-bond donors (Lipinski definition) is 2. The Morgan fingerprint density at radius 1 is 0.966 bits per heavy atom. The number of fused-ring (bicyclic) bond motifs is 5. The van der Waals surface area contributed by atoms with Crippen LogP contribution in [0.2, 0.25) is 0 Å². The molecule has 4 saturated carbocycles. The normalized spacial score (nSPS) is 31.0. The highest BCUT2D eigenvalue weighted by Crippen LogP contribution is 2.47. The van der Waals surface area contributed by atoms with Gasteiger partial charge in [0.15, 0.2) is 5.75 Å². The quantitative estimate of drug-likeness (QED) is 0.214. The summed E-state index contributed by atoms with van der Waals surface area (Å²) in [5.41, 5.74) is -0.487. The smallest absolute Gasteiger partial charge is 0.306 e. The first kappa shape index (κ1) is 40.6. The number of ether oxygens (including phenoxy) is 3. The largest absolute Gasteiger partial charge is 0.618 e. The van der Waals surface area contributed by atoms with Crippen molar-refractivity contribution in [1.82, 2.24) is 14.9 Å². The van der Waals surface area contributed by atoms with Crippen molar-refractivity contribution >= 4 is 44.6 Å². The molecule has 2 N–H and O–H groups in total. The van der Waals surface area contributed by atoms with E-state index in [0.717, 1.165) is 75.4 Å². The lowest BCUT2D eigenvalue weighted by molar-refractivity contribution is -0.586. The molecular weight excluding hydrogens is 765 g/mol. The molecule has 2 aliphatic heterocycles. The van der Waals surface area contributed by atoms with Crippen LogP contribution in [0.4, 0.5) is 0 Å². The molecule has 7 atom stereocenters. The van der Waals surface area contributed by atoms with Crippen LogP contribution >= 0.6 is 0 Å².